The van der Waals surface area contributed by atoms with Gasteiger partial charge in [-0.3, -0.25) is 0 Å². The largest absolute Gasteiger partial charge is 0.161 e. The number of hydrogen-bond acceptors (Lipinski definition) is 1. The van der Waals surface area contributed by atoms with Crippen molar-refractivity contribution < 1.29 is 0 Å². The summed E-state index contributed by atoms with van der Waals surface area (Å²) in [6.07, 6.45) is 9.02. The van der Waals surface area contributed by atoms with Crippen molar-refractivity contribution in [2.75, 3.05) is 6.26 Å². The fourth-order valence-electron chi connectivity index (χ4n) is 3.92. The van der Waals surface area contributed by atoms with Crippen LogP contribution in [0.1, 0.15) is 37.7 Å². The van der Waals surface area contributed by atoms with Gasteiger partial charge in [0, 0.05) is 11.2 Å². The molecule has 1 heteroatoms. The van der Waals surface area contributed by atoms with Gasteiger partial charge in [0.15, 0.2) is 0 Å². The van der Waals surface area contributed by atoms with Gasteiger partial charge in [0.2, 0.25) is 0 Å². The van der Waals surface area contributed by atoms with Crippen molar-refractivity contribution in [2.45, 2.75) is 37.4 Å². The summed E-state index contributed by atoms with van der Waals surface area (Å²) in [6.45, 7) is 2.40. The Balaban J connectivity index is 1.91. The average molecular weight is 258 g/mol. The highest BCUT2D eigenvalue weighted by Crippen LogP contribution is 2.50. The van der Waals surface area contributed by atoms with E-state index in [1.165, 1.54) is 24.8 Å². The van der Waals surface area contributed by atoms with E-state index in [0.717, 1.165) is 17.1 Å². The number of hydrogen-bond donors (Lipinski definition) is 0. The molecule has 0 radical (unpaired) electrons. The van der Waals surface area contributed by atoms with Crippen LogP contribution in [-0.4, -0.2) is 11.5 Å². The van der Waals surface area contributed by atoms with E-state index in [1.807, 2.05) is 0 Å². The summed E-state index contributed by atoms with van der Waals surface area (Å²) in [5, 5.41) is 0.825. The predicted molar refractivity (Wildman–Crippen MR) is 81.1 cm³/mol. The van der Waals surface area contributed by atoms with Crippen LogP contribution in [0.25, 0.3) is 0 Å². The SMILES string of the molecule is CSC1[C@H](C)C=C2C(c3ccccc3)CCC[C@@H]21. The van der Waals surface area contributed by atoms with Crippen LogP contribution in [0.15, 0.2) is 42.0 Å². The third kappa shape index (κ3) is 2.03. The van der Waals surface area contributed by atoms with Crippen molar-refractivity contribution in [1.29, 1.82) is 0 Å². The maximum atomic E-state index is 2.59. The molecule has 1 fully saturated rings. The molecule has 0 N–H and O–H groups in total. The molecular formula is C17H22S. The molecule has 1 aromatic carbocycles. The normalized spacial score (nSPS) is 35.1. The Morgan fingerprint density at radius 2 is 1.89 bits per heavy atom. The highest BCUT2D eigenvalue weighted by Gasteiger charge is 2.39. The molecule has 1 aromatic rings. The minimum absolute atomic E-state index is 0.699. The Bertz CT molecular complexity index is 434. The van der Waals surface area contributed by atoms with Crippen LogP contribution in [-0.2, 0) is 0 Å². The smallest absolute Gasteiger partial charge is 0.0170 e. The van der Waals surface area contributed by atoms with E-state index in [2.05, 4.69) is 61.3 Å². The number of thioether (sulfide) groups is 1. The van der Waals surface area contributed by atoms with Gasteiger partial charge in [0.05, 0.1) is 0 Å². The van der Waals surface area contributed by atoms with E-state index < -0.39 is 0 Å². The van der Waals surface area contributed by atoms with Crippen molar-refractivity contribution in [3.05, 3.63) is 47.5 Å². The predicted octanol–water partition coefficient (Wildman–Crippen LogP) is 4.88. The van der Waals surface area contributed by atoms with Gasteiger partial charge < -0.3 is 0 Å². The number of benzene rings is 1. The monoisotopic (exact) mass is 258 g/mol. The van der Waals surface area contributed by atoms with Crippen molar-refractivity contribution in [3.63, 3.8) is 0 Å². The molecule has 0 heterocycles. The van der Waals surface area contributed by atoms with Gasteiger partial charge in [-0.2, -0.15) is 11.8 Å². The fraction of sp³-hybridized carbons (Fsp3) is 0.529. The first-order valence-corrected chi connectivity index (χ1v) is 8.39. The zero-order chi connectivity index (χ0) is 12.5. The molecule has 3 rings (SSSR count). The van der Waals surface area contributed by atoms with E-state index >= 15 is 0 Å². The van der Waals surface area contributed by atoms with Gasteiger partial charge in [-0.25, -0.2) is 0 Å². The van der Waals surface area contributed by atoms with Crippen LogP contribution in [0.4, 0.5) is 0 Å². The standard InChI is InChI=1S/C17H22S/c1-12-11-16-14(13-7-4-3-5-8-13)9-6-10-15(16)17(12)18-2/h3-5,7-8,11-12,14-15,17H,6,9-10H2,1-2H3/t12-,14?,15+,17?/m1/s1. The summed E-state index contributed by atoms with van der Waals surface area (Å²) in [4.78, 5) is 0. The van der Waals surface area contributed by atoms with Crippen LogP contribution >= 0.6 is 11.8 Å². The molecule has 2 aliphatic rings. The Hall–Kier alpha value is -0.690. The van der Waals surface area contributed by atoms with Crippen LogP contribution < -0.4 is 0 Å². The first kappa shape index (κ1) is 12.3. The van der Waals surface area contributed by atoms with Crippen LogP contribution in [0.3, 0.4) is 0 Å². The molecule has 96 valence electrons. The maximum Gasteiger partial charge on any atom is 0.0170 e. The average Bonchev–Trinajstić information content (AvgIpc) is 2.74. The van der Waals surface area contributed by atoms with Crippen LogP contribution in [0.2, 0.25) is 0 Å². The van der Waals surface area contributed by atoms with Crippen LogP contribution in [0, 0.1) is 11.8 Å². The molecule has 4 atom stereocenters. The fourth-order valence-corrected chi connectivity index (χ4v) is 5.05. The van der Waals surface area contributed by atoms with E-state index in [9.17, 15) is 0 Å². The van der Waals surface area contributed by atoms with E-state index in [1.54, 1.807) is 5.57 Å². The number of fused-ring (bicyclic) bond motifs is 1. The second kappa shape index (κ2) is 5.13. The second-order valence-corrected chi connectivity index (χ2v) is 6.74. The van der Waals surface area contributed by atoms with E-state index in [4.69, 9.17) is 0 Å². The first-order valence-electron chi connectivity index (χ1n) is 7.10. The minimum Gasteiger partial charge on any atom is -0.161 e. The lowest BCUT2D eigenvalue weighted by molar-refractivity contribution is 0.416. The Morgan fingerprint density at radius 1 is 1.11 bits per heavy atom. The molecule has 2 unspecified atom stereocenters. The summed E-state index contributed by atoms with van der Waals surface area (Å²) in [7, 11) is 0. The number of allylic oxidation sites excluding steroid dienone is 2. The van der Waals surface area contributed by atoms with Gasteiger partial charge >= 0.3 is 0 Å². The molecule has 0 aliphatic heterocycles. The molecular weight excluding hydrogens is 236 g/mol. The Labute approximate surface area is 115 Å². The lowest BCUT2D eigenvalue weighted by atomic mass is 9.75. The van der Waals surface area contributed by atoms with E-state index in [-0.39, 0.29) is 0 Å². The van der Waals surface area contributed by atoms with Crippen molar-refractivity contribution in [1.82, 2.24) is 0 Å². The zero-order valence-electron chi connectivity index (χ0n) is 11.3. The molecule has 0 amide bonds. The molecule has 0 nitrogen and oxygen atoms in total. The minimum atomic E-state index is 0.699. The van der Waals surface area contributed by atoms with E-state index in [0.29, 0.717) is 5.92 Å². The number of rotatable bonds is 2. The Morgan fingerprint density at radius 3 is 2.61 bits per heavy atom. The molecule has 0 bridgehead atoms. The molecule has 1 saturated carbocycles. The lowest BCUT2D eigenvalue weighted by Gasteiger charge is -2.33. The summed E-state index contributed by atoms with van der Waals surface area (Å²) in [6, 6.07) is 11.1. The van der Waals surface area contributed by atoms with Crippen molar-refractivity contribution in [2.24, 2.45) is 11.8 Å². The van der Waals surface area contributed by atoms with Gasteiger partial charge in [-0.05, 0) is 36.5 Å². The van der Waals surface area contributed by atoms with Crippen LogP contribution in [0.5, 0.6) is 0 Å². The quantitative estimate of drug-likeness (QED) is 0.681. The third-order valence-electron chi connectivity index (χ3n) is 4.68. The Kier molecular flexibility index (Phi) is 3.52. The summed E-state index contributed by atoms with van der Waals surface area (Å²) in [5.41, 5.74) is 3.28. The van der Waals surface area contributed by atoms with Gasteiger partial charge in [0.25, 0.3) is 0 Å². The van der Waals surface area contributed by atoms with Crippen molar-refractivity contribution >= 4 is 11.8 Å². The zero-order valence-corrected chi connectivity index (χ0v) is 12.1. The van der Waals surface area contributed by atoms with Gasteiger partial charge in [-0.1, -0.05) is 55.3 Å². The highest BCUT2D eigenvalue weighted by molar-refractivity contribution is 7.99. The highest BCUT2D eigenvalue weighted by atomic mass is 32.2. The molecule has 0 spiro atoms. The third-order valence-corrected chi connectivity index (χ3v) is 5.98. The maximum absolute atomic E-state index is 2.59. The molecule has 18 heavy (non-hydrogen) atoms. The lowest BCUT2D eigenvalue weighted by Crippen LogP contribution is -2.24. The topological polar surface area (TPSA) is 0 Å². The van der Waals surface area contributed by atoms with Gasteiger partial charge in [0.1, 0.15) is 0 Å². The molecule has 0 aromatic heterocycles. The molecule has 2 aliphatic carbocycles. The van der Waals surface area contributed by atoms with Crippen molar-refractivity contribution in [3.8, 4) is 0 Å². The summed E-state index contributed by atoms with van der Waals surface area (Å²) >= 11 is 2.07. The summed E-state index contributed by atoms with van der Waals surface area (Å²) in [5.74, 6) is 2.29. The molecule has 0 saturated heterocycles. The van der Waals surface area contributed by atoms with Gasteiger partial charge in [-0.15, -0.1) is 0 Å². The first-order chi connectivity index (χ1) is 8.81. The second-order valence-electron chi connectivity index (χ2n) is 5.73. The summed E-state index contributed by atoms with van der Waals surface area (Å²) < 4.78 is 0.